The van der Waals surface area contributed by atoms with Crippen LogP contribution in [0.25, 0.3) is 50.7 Å². The smallest absolute Gasteiger partial charge is 0.0625 e. The normalized spacial score (nSPS) is 12.5. The van der Waals surface area contributed by atoms with Crippen LogP contribution in [0.15, 0.2) is 30.3 Å². The Hall–Kier alpha value is -3.06. The number of rotatable bonds is 1. The maximum atomic E-state index is 4.65. The van der Waals surface area contributed by atoms with Gasteiger partial charge in [0.1, 0.15) is 0 Å². The standard InChI is InChI=1S/C29H29N/c1-9-10-22-11-12-23-27-20(7)18(5)16(3)14-24(27)30-28-17(4)13-15(2)19(6)25(28)21(8)26(22)29(23)30/h9-14H,8H2,1-7H3/b10-9-. The van der Waals surface area contributed by atoms with E-state index in [1.54, 1.807) is 0 Å². The Morgan fingerprint density at radius 3 is 2.13 bits per heavy atom. The van der Waals surface area contributed by atoms with E-state index in [2.05, 4.69) is 95.9 Å². The number of hydrogen-bond donors (Lipinski definition) is 0. The van der Waals surface area contributed by atoms with Gasteiger partial charge >= 0.3 is 0 Å². The van der Waals surface area contributed by atoms with Gasteiger partial charge in [-0.05, 0) is 98.7 Å². The molecule has 0 aliphatic carbocycles. The third kappa shape index (κ3) is 2.18. The summed E-state index contributed by atoms with van der Waals surface area (Å²) in [6, 6.07) is 9.28. The second kappa shape index (κ2) is 6.22. The van der Waals surface area contributed by atoms with Crippen molar-refractivity contribution in [3.8, 4) is 0 Å². The van der Waals surface area contributed by atoms with E-state index in [9.17, 15) is 0 Å². The van der Waals surface area contributed by atoms with Crippen molar-refractivity contribution in [2.45, 2.75) is 48.5 Å². The molecular weight excluding hydrogens is 362 g/mol. The van der Waals surface area contributed by atoms with Crippen molar-refractivity contribution >= 4 is 50.7 Å². The summed E-state index contributed by atoms with van der Waals surface area (Å²) in [6.07, 6.45) is 4.34. The van der Waals surface area contributed by atoms with Crippen molar-refractivity contribution < 1.29 is 0 Å². The molecule has 30 heavy (non-hydrogen) atoms. The van der Waals surface area contributed by atoms with E-state index in [1.807, 2.05) is 0 Å². The molecule has 3 aromatic carbocycles. The third-order valence-electron chi connectivity index (χ3n) is 7.27. The molecule has 0 saturated heterocycles. The molecule has 1 nitrogen and oxygen atoms in total. The highest BCUT2D eigenvalue weighted by Gasteiger charge is 2.21. The highest BCUT2D eigenvalue weighted by atomic mass is 14.9. The highest BCUT2D eigenvalue weighted by Crippen LogP contribution is 2.40. The SMILES string of the molecule is C=c1c2c(C)c(C)cc(C)c2n2c3cc(C)c(C)c(C)c3c3ccc(/C=C\C)c1c32. The topological polar surface area (TPSA) is 4.41 Å². The lowest BCUT2D eigenvalue weighted by Crippen LogP contribution is -2.11. The molecule has 0 aliphatic heterocycles. The van der Waals surface area contributed by atoms with E-state index < -0.39 is 0 Å². The molecule has 0 fully saturated rings. The van der Waals surface area contributed by atoms with Gasteiger partial charge in [0.25, 0.3) is 0 Å². The van der Waals surface area contributed by atoms with Crippen molar-refractivity contribution in [3.05, 3.63) is 74.5 Å². The van der Waals surface area contributed by atoms with Crippen molar-refractivity contribution in [2.24, 2.45) is 0 Å². The van der Waals surface area contributed by atoms with Crippen molar-refractivity contribution in [1.29, 1.82) is 0 Å². The summed E-state index contributed by atoms with van der Waals surface area (Å²) >= 11 is 0. The molecule has 0 N–H and O–H groups in total. The summed E-state index contributed by atoms with van der Waals surface area (Å²) in [6.45, 7) is 20.2. The van der Waals surface area contributed by atoms with Gasteiger partial charge < -0.3 is 4.40 Å². The van der Waals surface area contributed by atoms with E-state index >= 15 is 0 Å². The van der Waals surface area contributed by atoms with E-state index in [0.29, 0.717) is 0 Å². The van der Waals surface area contributed by atoms with Gasteiger partial charge in [0.2, 0.25) is 0 Å². The molecule has 0 saturated carbocycles. The number of allylic oxidation sites excluding steroid dienone is 1. The van der Waals surface area contributed by atoms with Crippen molar-refractivity contribution in [2.75, 3.05) is 0 Å². The number of nitrogens with zero attached hydrogens (tertiary/aromatic N) is 1. The Kier molecular flexibility index (Phi) is 3.92. The quantitative estimate of drug-likeness (QED) is 0.262. The molecule has 0 bridgehead atoms. The second-order valence-electron chi connectivity index (χ2n) is 8.94. The fraction of sp³-hybridized carbons (Fsp3) is 0.241. The molecule has 5 aromatic rings. The van der Waals surface area contributed by atoms with Crippen LogP contribution in [0.4, 0.5) is 0 Å². The molecule has 0 radical (unpaired) electrons. The van der Waals surface area contributed by atoms with E-state index in [0.717, 1.165) is 5.22 Å². The monoisotopic (exact) mass is 391 g/mol. The van der Waals surface area contributed by atoms with Crippen LogP contribution in [-0.2, 0) is 0 Å². The van der Waals surface area contributed by atoms with E-state index in [4.69, 9.17) is 0 Å². The first-order valence-corrected chi connectivity index (χ1v) is 10.8. The van der Waals surface area contributed by atoms with E-state index in [-0.39, 0.29) is 0 Å². The molecule has 0 amide bonds. The Balaban J connectivity index is 2.31. The van der Waals surface area contributed by atoms with Crippen LogP contribution in [-0.4, -0.2) is 4.40 Å². The molecule has 1 heteroatoms. The summed E-state index contributed by atoms with van der Waals surface area (Å²) in [5, 5.41) is 6.43. The predicted molar refractivity (Wildman–Crippen MR) is 134 cm³/mol. The van der Waals surface area contributed by atoms with Crippen LogP contribution < -0.4 is 5.22 Å². The summed E-state index contributed by atoms with van der Waals surface area (Å²) in [5.74, 6) is 0. The highest BCUT2D eigenvalue weighted by molar-refractivity contribution is 6.20. The van der Waals surface area contributed by atoms with Gasteiger partial charge in [0.05, 0.1) is 16.6 Å². The van der Waals surface area contributed by atoms with Crippen molar-refractivity contribution in [1.82, 2.24) is 4.40 Å². The average molecular weight is 392 g/mol. The van der Waals surface area contributed by atoms with Gasteiger partial charge in [0, 0.05) is 21.5 Å². The minimum Gasteiger partial charge on any atom is -0.308 e. The number of pyridine rings is 1. The van der Waals surface area contributed by atoms with Gasteiger partial charge in [-0.25, -0.2) is 0 Å². The third-order valence-corrected chi connectivity index (χ3v) is 7.27. The van der Waals surface area contributed by atoms with Gasteiger partial charge in [-0.15, -0.1) is 0 Å². The van der Waals surface area contributed by atoms with E-state index in [1.165, 1.54) is 77.0 Å². The lowest BCUT2D eigenvalue weighted by atomic mass is 9.94. The molecule has 0 unspecified atom stereocenters. The zero-order valence-electron chi connectivity index (χ0n) is 19.1. The zero-order valence-corrected chi connectivity index (χ0v) is 19.1. The van der Waals surface area contributed by atoms with Crippen LogP contribution in [0.3, 0.4) is 0 Å². The van der Waals surface area contributed by atoms with Gasteiger partial charge in [-0.2, -0.15) is 0 Å². The first kappa shape index (κ1) is 18.9. The molecule has 2 aromatic heterocycles. The molecular formula is C29H29N. The predicted octanol–water partition coefficient (Wildman–Crippen LogP) is 7.41. The Labute approximate surface area is 178 Å². The van der Waals surface area contributed by atoms with Gasteiger partial charge in [-0.3, -0.25) is 0 Å². The number of aromatic nitrogens is 1. The largest absolute Gasteiger partial charge is 0.308 e. The first-order chi connectivity index (χ1) is 14.3. The van der Waals surface area contributed by atoms with Crippen molar-refractivity contribution in [3.63, 3.8) is 0 Å². The fourth-order valence-electron chi connectivity index (χ4n) is 5.46. The Bertz CT molecular complexity index is 1610. The van der Waals surface area contributed by atoms with Crippen LogP contribution >= 0.6 is 0 Å². The molecule has 0 aliphatic rings. The second-order valence-corrected chi connectivity index (χ2v) is 8.94. The summed E-state index contributed by atoms with van der Waals surface area (Å²) in [5.41, 5.74) is 13.2. The Morgan fingerprint density at radius 1 is 0.733 bits per heavy atom. The maximum Gasteiger partial charge on any atom is 0.0625 e. The van der Waals surface area contributed by atoms with Gasteiger partial charge in [0.15, 0.2) is 0 Å². The van der Waals surface area contributed by atoms with Crippen LogP contribution in [0.2, 0.25) is 0 Å². The summed E-state index contributed by atoms with van der Waals surface area (Å²) in [4.78, 5) is 0. The number of fused-ring (bicyclic) bond motifs is 5. The average Bonchev–Trinajstić information content (AvgIpc) is 3.02. The summed E-state index contributed by atoms with van der Waals surface area (Å²) in [7, 11) is 0. The first-order valence-electron chi connectivity index (χ1n) is 10.8. The molecule has 5 rings (SSSR count). The van der Waals surface area contributed by atoms with Crippen LogP contribution in [0, 0.1) is 41.5 Å². The number of aryl methyl sites for hydroxylation is 5. The van der Waals surface area contributed by atoms with Crippen LogP contribution in [0.1, 0.15) is 45.9 Å². The number of benzene rings is 3. The lowest BCUT2D eigenvalue weighted by Gasteiger charge is -2.17. The zero-order chi connectivity index (χ0) is 21.5. The summed E-state index contributed by atoms with van der Waals surface area (Å²) < 4.78 is 2.53. The lowest BCUT2D eigenvalue weighted by molar-refractivity contribution is 1.25. The van der Waals surface area contributed by atoms with Gasteiger partial charge in [-0.1, -0.05) is 36.9 Å². The minimum atomic E-state index is 1.15. The maximum absolute atomic E-state index is 4.65. The fourth-order valence-corrected chi connectivity index (χ4v) is 5.46. The molecule has 150 valence electrons. The van der Waals surface area contributed by atoms with Crippen LogP contribution in [0.5, 0.6) is 0 Å². The molecule has 0 spiro atoms. The molecule has 0 atom stereocenters. The number of hydrogen-bond acceptors (Lipinski definition) is 0. The molecule has 2 heterocycles. The minimum absolute atomic E-state index is 1.15. The Morgan fingerprint density at radius 2 is 1.43 bits per heavy atom.